The maximum absolute atomic E-state index is 13.1. The van der Waals surface area contributed by atoms with Gasteiger partial charge >= 0.3 is 6.18 Å². The van der Waals surface area contributed by atoms with Crippen LogP contribution in [0.5, 0.6) is 0 Å². The average Bonchev–Trinajstić information content (AvgIpc) is 2.99. The lowest BCUT2D eigenvalue weighted by Crippen LogP contribution is -2.06. The van der Waals surface area contributed by atoms with Crippen LogP contribution in [0.4, 0.5) is 22.0 Å². The Bertz CT molecular complexity index is 831. The van der Waals surface area contributed by atoms with Gasteiger partial charge in [-0.1, -0.05) is 0 Å². The van der Waals surface area contributed by atoms with Crippen LogP contribution in [0.3, 0.4) is 0 Å². The molecule has 0 radical (unpaired) electrons. The molecule has 0 aliphatic rings. The number of aromatic amines is 1. The highest BCUT2D eigenvalue weighted by Crippen LogP contribution is 2.34. The Morgan fingerprint density at radius 3 is 2.45 bits per heavy atom. The number of alkyl halides is 5. The van der Waals surface area contributed by atoms with E-state index in [0.29, 0.717) is 5.69 Å². The van der Waals surface area contributed by atoms with E-state index in [9.17, 15) is 22.0 Å². The molecule has 1 aromatic carbocycles. The number of halogens is 5. The number of rotatable bonds is 2. The van der Waals surface area contributed by atoms with Gasteiger partial charge in [-0.25, -0.2) is 13.8 Å². The fraction of sp³-hybridized carbons (Fsp3) is 0.231. The summed E-state index contributed by atoms with van der Waals surface area (Å²) in [4.78, 5) is 3.71. The number of hydrogen-bond acceptors (Lipinski definition) is 2. The molecular weight excluding hydrogens is 307 g/mol. The second-order valence-electron chi connectivity index (χ2n) is 4.72. The van der Waals surface area contributed by atoms with Crippen molar-refractivity contribution in [1.29, 1.82) is 0 Å². The molecular formula is C13H9F5N4. The molecule has 0 saturated carbocycles. The van der Waals surface area contributed by atoms with E-state index < -0.39 is 24.0 Å². The average molecular weight is 316 g/mol. The lowest BCUT2D eigenvalue weighted by Gasteiger charge is -2.08. The molecule has 0 unspecified atom stereocenters. The van der Waals surface area contributed by atoms with Crippen LogP contribution in [-0.2, 0) is 6.18 Å². The van der Waals surface area contributed by atoms with Gasteiger partial charge in [-0.15, -0.1) is 0 Å². The van der Waals surface area contributed by atoms with E-state index in [0.717, 1.165) is 22.8 Å². The Morgan fingerprint density at radius 2 is 1.91 bits per heavy atom. The van der Waals surface area contributed by atoms with E-state index in [1.54, 1.807) is 6.92 Å². The number of aromatic nitrogens is 4. The van der Waals surface area contributed by atoms with Gasteiger partial charge in [0.2, 0.25) is 0 Å². The van der Waals surface area contributed by atoms with Crippen LogP contribution in [0.2, 0.25) is 0 Å². The van der Waals surface area contributed by atoms with Gasteiger partial charge in [0.05, 0.1) is 16.6 Å². The molecule has 2 aromatic heterocycles. The number of hydrogen-bond donors (Lipinski definition) is 1. The molecule has 0 fully saturated rings. The van der Waals surface area contributed by atoms with Crippen LogP contribution in [0, 0.1) is 6.92 Å². The maximum Gasteiger partial charge on any atom is 0.416 e. The van der Waals surface area contributed by atoms with Crippen LogP contribution in [0.1, 0.15) is 23.5 Å². The van der Waals surface area contributed by atoms with Crippen LogP contribution in [0.25, 0.3) is 16.9 Å². The summed E-state index contributed by atoms with van der Waals surface area (Å²) in [5.41, 5.74) is -0.376. The predicted molar refractivity (Wildman–Crippen MR) is 67.9 cm³/mol. The van der Waals surface area contributed by atoms with Crippen molar-refractivity contribution in [2.24, 2.45) is 0 Å². The predicted octanol–water partition coefficient (Wildman–Crippen LogP) is 4.01. The first kappa shape index (κ1) is 14.5. The SMILES string of the molecule is Cc1cc(-n2c(C(F)F)nc3ccc(C(F)(F)F)cc32)n[nH]1. The molecule has 0 aliphatic carbocycles. The van der Waals surface area contributed by atoms with E-state index >= 15 is 0 Å². The summed E-state index contributed by atoms with van der Waals surface area (Å²) in [6, 6.07) is 4.12. The molecule has 9 heteroatoms. The first-order valence-electron chi connectivity index (χ1n) is 6.17. The van der Waals surface area contributed by atoms with Crippen LogP contribution >= 0.6 is 0 Å². The first-order chi connectivity index (χ1) is 10.3. The van der Waals surface area contributed by atoms with Crippen molar-refractivity contribution in [2.45, 2.75) is 19.5 Å². The summed E-state index contributed by atoms with van der Waals surface area (Å²) in [5.74, 6) is -0.588. The molecule has 0 atom stereocenters. The topological polar surface area (TPSA) is 46.5 Å². The fourth-order valence-electron chi connectivity index (χ4n) is 2.18. The lowest BCUT2D eigenvalue weighted by molar-refractivity contribution is -0.137. The second kappa shape index (κ2) is 4.79. The second-order valence-corrected chi connectivity index (χ2v) is 4.72. The highest BCUT2D eigenvalue weighted by molar-refractivity contribution is 5.79. The fourth-order valence-corrected chi connectivity index (χ4v) is 2.18. The Balaban J connectivity index is 2.32. The summed E-state index contributed by atoms with van der Waals surface area (Å²) >= 11 is 0. The Labute approximate surface area is 120 Å². The monoisotopic (exact) mass is 316 g/mol. The van der Waals surface area contributed by atoms with Gasteiger partial charge < -0.3 is 0 Å². The van der Waals surface area contributed by atoms with E-state index in [1.165, 1.54) is 6.07 Å². The van der Waals surface area contributed by atoms with Crippen molar-refractivity contribution in [1.82, 2.24) is 19.7 Å². The van der Waals surface area contributed by atoms with Gasteiger partial charge in [-0.2, -0.15) is 18.3 Å². The highest BCUT2D eigenvalue weighted by atomic mass is 19.4. The smallest absolute Gasteiger partial charge is 0.281 e. The summed E-state index contributed by atoms with van der Waals surface area (Å²) in [6.07, 6.45) is -7.52. The van der Waals surface area contributed by atoms with Crippen molar-refractivity contribution in [3.63, 3.8) is 0 Å². The van der Waals surface area contributed by atoms with Crippen molar-refractivity contribution >= 4 is 11.0 Å². The van der Waals surface area contributed by atoms with E-state index in [4.69, 9.17) is 0 Å². The van der Waals surface area contributed by atoms with E-state index in [-0.39, 0.29) is 16.9 Å². The van der Waals surface area contributed by atoms with Crippen LogP contribution < -0.4 is 0 Å². The third-order valence-corrected chi connectivity index (χ3v) is 3.12. The molecule has 0 bridgehead atoms. The quantitative estimate of drug-likeness (QED) is 0.726. The first-order valence-corrected chi connectivity index (χ1v) is 6.17. The largest absolute Gasteiger partial charge is 0.416 e. The zero-order valence-electron chi connectivity index (χ0n) is 11.1. The van der Waals surface area contributed by atoms with Gasteiger partial charge in [0.15, 0.2) is 11.6 Å². The third-order valence-electron chi connectivity index (χ3n) is 3.12. The highest BCUT2D eigenvalue weighted by Gasteiger charge is 2.32. The van der Waals surface area contributed by atoms with E-state index in [1.807, 2.05) is 0 Å². The number of benzene rings is 1. The summed E-state index contributed by atoms with van der Waals surface area (Å²) < 4.78 is 65.7. The lowest BCUT2D eigenvalue weighted by atomic mass is 10.2. The molecule has 2 heterocycles. The molecule has 22 heavy (non-hydrogen) atoms. The number of nitrogens with one attached hydrogen (secondary N) is 1. The zero-order valence-corrected chi connectivity index (χ0v) is 11.1. The van der Waals surface area contributed by atoms with Crippen molar-refractivity contribution in [3.8, 4) is 5.82 Å². The van der Waals surface area contributed by atoms with Crippen LogP contribution in [-0.4, -0.2) is 19.7 Å². The molecule has 4 nitrogen and oxygen atoms in total. The Hall–Kier alpha value is -2.45. The van der Waals surface area contributed by atoms with E-state index in [2.05, 4.69) is 15.2 Å². The number of nitrogens with zero attached hydrogens (tertiary/aromatic N) is 3. The van der Waals surface area contributed by atoms with Gasteiger partial charge in [-0.05, 0) is 25.1 Å². The maximum atomic E-state index is 13.1. The minimum absolute atomic E-state index is 0.0453. The molecule has 0 amide bonds. The minimum Gasteiger partial charge on any atom is -0.281 e. The van der Waals surface area contributed by atoms with Gasteiger partial charge in [0.1, 0.15) is 0 Å². The van der Waals surface area contributed by atoms with Gasteiger partial charge in [0.25, 0.3) is 6.43 Å². The molecule has 116 valence electrons. The number of fused-ring (bicyclic) bond motifs is 1. The molecule has 0 spiro atoms. The zero-order chi connectivity index (χ0) is 16.1. The molecule has 3 aromatic rings. The van der Waals surface area contributed by atoms with Crippen molar-refractivity contribution < 1.29 is 22.0 Å². The Kier molecular flexibility index (Phi) is 3.15. The number of imidazole rings is 1. The summed E-state index contributed by atoms with van der Waals surface area (Å²) in [7, 11) is 0. The minimum atomic E-state index is -4.57. The molecule has 0 saturated heterocycles. The molecule has 1 N–H and O–H groups in total. The normalized spacial score (nSPS) is 12.5. The van der Waals surface area contributed by atoms with Crippen molar-refractivity contribution in [3.05, 3.63) is 41.3 Å². The summed E-state index contributed by atoms with van der Waals surface area (Å²) in [5, 5.41) is 6.39. The van der Waals surface area contributed by atoms with Crippen LogP contribution in [0.15, 0.2) is 24.3 Å². The third kappa shape index (κ3) is 2.32. The van der Waals surface area contributed by atoms with Gasteiger partial charge in [-0.3, -0.25) is 9.67 Å². The molecule has 0 aliphatic heterocycles. The van der Waals surface area contributed by atoms with Crippen molar-refractivity contribution in [2.75, 3.05) is 0 Å². The number of aryl methyl sites for hydroxylation is 1. The summed E-state index contributed by atoms with van der Waals surface area (Å²) in [6.45, 7) is 1.65. The number of H-pyrrole nitrogens is 1. The Morgan fingerprint density at radius 1 is 1.18 bits per heavy atom. The molecule has 3 rings (SSSR count). The standard InChI is InChI=1S/C13H9F5N4/c1-6-4-10(21-20-6)22-9-5-7(13(16,17)18)2-3-8(9)19-12(22)11(14)15/h2-5,11H,1H3,(H,20,21). The van der Waals surface area contributed by atoms with Gasteiger partial charge in [0, 0.05) is 11.8 Å².